The van der Waals surface area contributed by atoms with E-state index >= 15 is 0 Å². The van der Waals surface area contributed by atoms with Crippen molar-refractivity contribution in [2.45, 2.75) is 26.2 Å². The summed E-state index contributed by atoms with van der Waals surface area (Å²) in [7, 11) is 0. The molecule has 0 saturated carbocycles. The normalized spacial score (nSPS) is 14.1. The molecule has 1 N–H and O–H groups in total. The van der Waals surface area contributed by atoms with Crippen LogP contribution in [0.25, 0.3) is 0 Å². The Balaban J connectivity index is 1.71. The first-order valence-electron chi connectivity index (χ1n) is 7.92. The summed E-state index contributed by atoms with van der Waals surface area (Å²) in [5.74, 6) is 0.0391. The van der Waals surface area contributed by atoms with Gasteiger partial charge in [-0.05, 0) is 37.5 Å². The van der Waals surface area contributed by atoms with E-state index in [1.54, 1.807) is 0 Å². The van der Waals surface area contributed by atoms with E-state index < -0.39 is 0 Å². The summed E-state index contributed by atoms with van der Waals surface area (Å²) >= 11 is 0. The van der Waals surface area contributed by atoms with Crippen LogP contribution in [-0.4, -0.2) is 19.0 Å². The highest BCUT2D eigenvalue weighted by Gasteiger charge is 2.16. The molecule has 1 aliphatic rings. The van der Waals surface area contributed by atoms with Crippen molar-refractivity contribution in [2.75, 3.05) is 23.3 Å². The van der Waals surface area contributed by atoms with Gasteiger partial charge in [0.1, 0.15) is 0 Å². The fraction of sp³-hybridized carbons (Fsp3) is 0.316. The molecular formula is C19H22N2O. The van der Waals surface area contributed by atoms with Gasteiger partial charge >= 0.3 is 0 Å². The van der Waals surface area contributed by atoms with Gasteiger partial charge in [0.15, 0.2) is 0 Å². The number of hydrogen-bond donors (Lipinski definition) is 1. The lowest BCUT2D eigenvalue weighted by Crippen LogP contribution is -2.21. The van der Waals surface area contributed by atoms with E-state index in [1.807, 2.05) is 43.3 Å². The third kappa shape index (κ3) is 3.48. The first-order chi connectivity index (χ1) is 10.7. The molecule has 3 nitrogen and oxygen atoms in total. The van der Waals surface area contributed by atoms with E-state index in [1.165, 1.54) is 18.4 Å². The summed E-state index contributed by atoms with van der Waals surface area (Å²) in [5, 5.41) is 3.07. The van der Waals surface area contributed by atoms with Crippen molar-refractivity contribution < 1.29 is 4.79 Å². The summed E-state index contributed by atoms with van der Waals surface area (Å²) < 4.78 is 0. The quantitative estimate of drug-likeness (QED) is 0.931. The minimum absolute atomic E-state index is 0.0391. The van der Waals surface area contributed by atoms with Crippen molar-refractivity contribution in [2.24, 2.45) is 0 Å². The van der Waals surface area contributed by atoms with Crippen molar-refractivity contribution in [3.8, 4) is 0 Å². The van der Waals surface area contributed by atoms with E-state index in [2.05, 4.69) is 22.3 Å². The molecule has 1 heterocycles. The van der Waals surface area contributed by atoms with Crippen molar-refractivity contribution >= 4 is 17.3 Å². The van der Waals surface area contributed by atoms with E-state index in [9.17, 15) is 4.79 Å². The van der Waals surface area contributed by atoms with Gasteiger partial charge in [-0.15, -0.1) is 0 Å². The maximum Gasteiger partial charge on any atom is 0.228 e. The van der Waals surface area contributed by atoms with Crippen molar-refractivity contribution in [1.29, 1.82) is 0 Å². The fourth-order valence-electron chi connectivity index (χ4n) is 3.02. The molecule has 0 bridgehead atoms. The first-order valence-corrected chi connectivity index (χ1v) is 7.92. The summed E-state index contributed by atoms with van der Waals surface area (Å²) in [4.78, 5) is 14.7. The van der Waals surface area contributed by atoms with Crippen LogP contribution in [0.4, 0.5) is 11.4 Å². The van der Waals surface area contributed by atoms with Crippen molar-refractivity contribution in [1.82, 2.24) is 0 Å². The average molecular weight is 294 g/mol. The molecule has 1 aliphatic heterocycles. The molecule has 2 aromatic carbocycles. The zero-order valence-corrected chi connectivity index (χ0v) is 13.0. The highest BCUT2D eigenvalue weighted by Crippen LogP contribution is 2.28. The molecule has 1 amide bonds. The van der Waals surface area contributed by atoms with Gasteiger partial charge in [-0.2, -0.15) is 0 Å². The predicted octanol–water partition coefficient (Wildman–Crippen LogP) is 3.78. The van der Waals surface area contributed by atoms with Gasteiger partial charge in [0, 0.05) is 13.1 Å². The zero-order chi connectivity index (χ0) is 15.4. The second kappa shape index (κ2) is 6.65. The maximum absolute atomic E-state index is 12.3. The molecule has 0 atom stereocenters. The Bertz CT molecular complexity index is 660. The minimum atomic E-state index is 0.0391. The molecule has 0 aliphatic carbocycles. The number of carbonyl (C=O) groups excluding carboxylic acids is 1. The Hall–Kier alpha value is -2.29. The van der Waals surface area contributed by atoms with Gasteiger partial charge in [0.25, 0.3) is 0 Å². The Labute approximate surface area is 132 Å². The summed E-state index contributed by atoms with van der Waals surface area (Å²) in [6, 6.07) is 16.2. The van der Waals surface area contributed by atoms with Crippen molar-refractivity contribution in [3.63, 3.8) is 0 Å². The number of nitrogens with one attached hydrogen (secondary N) is 1. The molecule has 1 fully saturated rings. The summed E-state index contributed by atoms with van der Waals surface area (Å²) in [6.45, 7) is 4.19. The van der Waals surface area contributed by atoms with Gasteiger partial charge in [0.05, 0.1) is 17.8 Å². The van der Waals surface area contributed by atoms with Gasteiger partial charge in [-0.1, -0.05) is 42.0 Å². The number of anilines is 2. The molecule has 2 aromatic rings. The fourth-order valence-corrected chi connectivity index (χ4v) is 3.02. The lowest BCUT2D eigenvalue weighted by Gasteiger charge is -2.21. The van der Waals surface area contributed by atoms with Crippen LogP contribution in [0.2, 0.25) is 0 Å². The van der Waals surface area contributed by atoms with Crippen LogP contribution < -0.4 is 10.2 Å². The smallest absolute Gasteiger partial charge is 0.228 e. The zero-order valence-electron chi connectivity index (χ0n) is 13.0. The van der Waals surface area contributed by atoms with Crippen LogP contribution in [0.5, 0.6) is 0 Å². The van der Waals surface area contributed by atoms with Crippen LogP contribution in [0.15, 0.2) is 48.5 Å². The largest absolute Gasteiger partial charge is 0.370 e. The van der Waals surface area contributed by atoms with E-state index in [0.29, 0.717) is 6.42 Å². The number of para-hydroxylation sites is 2. The number of benzene rings is 2. The highest BCUT2D eigenvalue weighted by molar-refractivity contribution is 5.95. The van der Waals surface area contributed by atoms with Gasteiger partial charge in [-0.3, -0.25) is 4.79 Å². The number of nitrogens with zero attached hydrogens (tertiary/aromatic N) is 1. The monoisotopic (exact) mass is 294 g/mol. The topological polar surface area (TPSA) is 32.3 Å². The predicted molar refractivity (Wildman–Crippen MR) is 91.4 cm³/mol. The Kier molecular flexibility index (Phi) is 4.42. The van der Waals surface area contributed by atoms with Crippen LogP contribution in [-0.2, 0) is 11.2 Å². The number of aryl methyl sites for hydroxylation is 1. The lowest BCUT2D eigenvalue weighted by atomic mass is 10.1. The average Bonchev–Trinajstić information content (AvgIpc) is 3.02. The number of rotatable bonds is 4. The van der Waals surface area contributed by atoms with Crippen molar-refractivity contribution in [3.05, 3.63) is 59.7 Å². The summed E-state index contributed by atoms with van der Waals surface area (Å²) in [5.41, 5.74) is 4.29. The molecular weight excluding hydrogens is 272 g/mol. The van der Waals surface area contributed by atoms with Gasteiger partial charge < -0.3 is 10.2 Å². The molecule has 0 radical (unpaired) electrons. The molecule has 114 valence electrons. The molecule has 3 rings (SSSR count). The molecule has 1 saturated heterocycles. The third-order valence-electron chi connectivity index (χ3n) is 4.07. The van der Waals surface area contributed by atoms with E-state index in [0.717, 1.165) is 30.0 Å². The molecule has 22 heavy (non-hydrogen) atoms. The maximum atomic E-state index is 12.3. The third-order valence-corrected chi connectivity index (χ3v) is 4.07. The van der Waals surface area contributed by atoms with Crippen LogP contribution in [0, 0.1) is 6.92 Å². The number of hydrogen-bond acceptors (Lipinski definition) is 2. The van der Waals surface area contributed by atoms with Crippen LogP contribution in [0.3, 0.4) is 0 Å². The second-order valence-corrected chi connectivity index (χ2v) is 5.93. The first kappa shape index (κ1) is 14.6. The Morgan fingerprint density at radius 1 is 1.09 bits per heavy atom. The van der Waals surface area contributed by atoms with E-state index in [4.69, 9.17) is 0 Å². The molecule has 0 spiro atoms. The highest BCUT2D eigenvalue weighted by atomic mass is 16.1. The molecule has 0 unspecified atom stereocenters. The summed E-state index contributed by atoms with van der Waals surface area (Å²) in [6.07, 6.45) is 2.87. The lowest BCUT2D eigenvalue weighted by molar-refractivity contribution is -0.115. The van der Waals surface area contributed by atoms with E-state index in [-0.39, 0.29) is 5.91 Å². The van der Waals surface area contributed by atoms with Gasteiger partial charge in [0.2, 0.25) is 5.91 Å². The second-order valence-electron chi connectivity index (χ2n) is 5.93. The van der Waals surface area contributed by atoms with Gasteiger partial charge in [-0.25, -0.2) is 0 Å². The SMILES string of the molecule is Cc1cccc(CC(=O)Nc2ccccc2N2CCCC2)c1. The Morgan fingerprint density at radius 3 is 2.64 bits per heavy atom. The Morgan fingerprint density at radius 2 is 1.86 bits per heavy atom. The number of amides is 1. The standard InChI is InChI=1S/C19H22N2O/c1-15-7-6-8-16(13-15)14-19(22)20-17-9-2-3-10-18(17)21-11-4-5-12-21/h2-3,6-10,13H,4-5,11-12,14H2,1H3,(H,20,22). The van der Waals surface area contributed by atoms with Crippen LogP contribution in [0.1, 0.15) is 24.0 Å². The molecule has 3 heteroatoms. The minimum Gasteiger partial charge on any atom is -0.370 e. The van der Waals surface area contributed by atoms with Crippen LogP contribution >= 0.6 is 0 Å². The molecule has 0 aromatic heterocycles. The number of carbonyl (C=O) groups is 1.